The number of aromatic nitrogens is 2. The Hall–Kier alpha value is -0.870. The number of likely N-dealkylation sites (tertiary alicyclic amines) is 1. The summed E-state index contributed by atoms with van der Waals surface area (Å²) in [6.07, 6.45) is 6.85. The Labute approximate surface area is 104 Å². The van der Waals surface area contributed by atoms with Gasteiger partial charge >= 0.3 is 0 Å². The van der Waals surface area contributed by atoms with Gasteiger partial charge in [-0.1, -0.05) is 13.8 Å². The zero-order chi connectivity index (χ0) is 12.1. The van der Waals surface area contributed by atoms with Gasteiger partial charge in [-0.3, -0.25) is 0 Å². The largest absolute Gasteiger partial charge is 0.336 e. The molecule has 96 valence electrons. The first kappa shape index (κ1) is 12.6. The van der Waals surface area contributed by atoms with Crippen molar-refractivity contribution in [1.82, 2.24) is 19.8 Å². The van der Waals surface area contributed by atoms with Crippen LogP contribution in [0.2, 0.25) is 0 Å². The zero-order valence-electron chi connectivity index (χ0n) is 11.0. The molecule has 17 heavy (non-hydrogen) atoms. The summed E-state index contributed by atoms with van der Waals surface area (Å²) in [4.78, 5) is 6.95. The smallest absolute Gasteiger partial charge is 0.0950 e. The van der Waals surface area contributed by atoms with Crippen molar-refractivity contribution < 1.29 is 0 Å². The lowest BCUT2D eigenvalue weighted by atomic mass is 10.3. The molecule has 1 aliphatic heterocycles. The average Bonchev–Trinajstić information content (AvgIpc) is 2.95. The van der Waals surface area contributed by atoms with Crippen molar-refractivity contribution in [3.05, 3.63) is 18.2 Å². The summed E-state index contributed by atoms with van der Waals surface area (Å²) in [6.45, 7) is 9.96. The molecule has 0 aliphatic carbocycles. The molecular formula is C13H24N4. The van der Waals surface area contributed by atoms with Gasteiger partial charge in [0.1, 0.15) is 0 Å². The van der Waals surface area contributed by atoms with Gasteiger partial charge in [-0.05, 0) is 25.9 Å². The average molecular weight is 236 g/mol. The minimum Gasteiger partial charge on any atom is -0.336 e. The van der Waals surface area contributed by atoms with Crippen LogP contribution in [0.1, 0.15) is 32.4 Å². The molecule has 1 saturated heterocycles. The Balaban J connectivity index is 1.73. The third-order valence-corrected chi connectivity index (χ3v) is 3.25. The van der Waals surface area contributed by atoms with Crippen LogP contribution in [0, 0.1) is 0 Å². The van der Waals surface area contributed by atoms with Crippen molar-refractivity contribution in [1.29, 1.82) is 0 Å². The molecule has 4 heteroatoms. The zero-order valence-corrected chi connectivity index (χ0v) is 11.0. The van der Waals surface area contributed by atoms with Crippen molar-refractivity contribution in [3.8, 4) is 0 Å². The fraction of sp³-hybridized carbons (Fsp3) is 0.769. The van der Waals surface area contributed by atoms with E-state index < -0.39 is 0 Å². The summed E-state index contributed by atoms with van der Waals surface area (Å²) in [5.74, 6) is 0. The second-order valence-corrected chi connectivity index (χ2v) is 5.19. The van der Waals surface area contributed by atoms with Crippen molar-refractivity contribution in [2.75, 3.05) is 19.6 Å². The van der Waals surface area contributed by atoms with Crippen LogP contribution < -0.4 is 5.32 Å². The number of nitrogens with one attached hydrogen (secondary N) is 1. The highest BCUT2D eigenvalue weighted by Crippen LogP contribution is 2.07. The number of hydrogen-bond donors (Lipinski definition) is 1. The molecule has 0 amide bonds. The lowest BCUT2D eigenvalue weighted by Gasteiger charge is -2.14. The van der Waals surface area contributed by atoms with Gasteiger partial charge in [0.05, 0.1) is 12.0 Å². The second kappa shape index (κ2) is 6.17. The van der Waals surface area contributed by atoms with Gasteiger partial charge in [0, 0.05) is 31.9 Å². The molecule has 1 N–H and O–H groups in total. The van der Waals surface area contributed by atoms with Crippen LogP contribution >= 0.6 is 0 Å². The molecule has 1 aromatic heterocycles. The molecule has 1 fully saturated rings. The topological polar surface area (TPSA) is 33.1 Å². The molecule has 1 aromatic rings. The normalized spacial score (nSPS) is 17.1. The van der Waals surface area contributed by atoms with E-state index in [1.165, 1.54) is 25.9 Å². The SMILES string of the molecule is CC(C)NCc1cn(CCN2CCCC2)cn1. The molecule has 0 atom stereocenters. The van der Waals surface area contributed by atoms with E-state index in [2.05, 4.69) is 39.8 Å². The Kier molecular flexibility index (Phi) is 4.57. The standard InChI is InChI=1S/C13H24N4/c1-12(2)14-9-13-10-17(11-15-13)8-7-16-5-3-4-6-16/h10-12,14H,3-9H2,1-2H3. The molecule has 0 aromatic carbocycles. The third-order valence-electron chi connectivity index (χ3n) is 3.25. The van der Waals surface area contributed by atoms with Gasteiger partial charge in [-0.15, -0.1) is 0 Å². The van der Waals surface area contributed by atoms with Crippen molar-refractivity contribution in [2.24, 2.45) is 0 Å². The Morgan fingerprint density at radius 2 is 2.06 bits per heavy atom. The van der Waals surface area contributed by atoms with E-state index in [9.17, 15) is 0 Å². The molecule has 0 saturated carbocycles. The first-order valence-corrected chi connectivity index (χ1v) is 6.70. The summed E-state index contributed by atoms with van der Waals surface area (Å²) in [7, 11) is 0. The van der Waals surface area contributed by atoms with E-state index in [1.54, 1.807) is 0 Å². The van der Waals surface area contributed by atoms with Gasteiger partial charge in [-0.2, -0.15) is 0 Å². The predicted octanol–water partition coefficient (Wildman–Crippen LogP) is 1.48. The molecule has 0 unspecified atom stereocenters. The Morgan fingerprint density at radius 1 is 1.29 bits per heavy atom. The molecule has 1 aliphatic rings. The van der Waals surface area contributed by atoms with Gasteiger partial charge in [0.15, 0.2) is 0 Å². The van der Waals surface area contributed by atoms with E-state index in [0.717, 1.165) is 25.3 Å². The number of nitrogens with zero attached hydrogens (tertiary/aromatic N) is 3. The van der Waals surface area contributed by atoms with Crippen LogP contribution in [0.5, 0.6) is 0 Å². The van der Waals surface area contributed by atoms with E-state index >= 15 is 0 Å². The van der Waals surface area contributed by atoms with E-state index in [4.69, 9.17) is 0 Å². The lowest BCUT2D eigenvalue weighted by Crippen LogP contribution is -2.23. The van der Waals surface area contributed by atoms with Crippen LogP contribution in [0.15, 0.2) is 12.5 Å². The Bertz CT molecular complexity index is 326. The lowest BCUT2D eigenvalue weighted by molar-refractivity contribution is 0.322. The highest BCUT2D eigenvalue weighted by molar-refractivity contribution is 4.96. The highest BCUT2D eigenvalue weighted by atomic mass is 15.2. The minimum atomic E-state index is 0.518. The maximum Gasteiger partial charge on any atom is 0.0950 e. The van der Waals surface area contributed by atoms with E-state index in [-0.39, 0.29) is 0 Å². The van der Waals surface area contributed by atoms with Crippen LogP contribution in [0.4, 0.5) is 0 Å². The van der Waals surface area contributed by atoms with E-state index in [1.807, 2.05) is 6.33 Å². The van der Waals surface area contributed by atoms with Crippen LogP contribution in [0.3, 0.4) is 0 Å². The third kappa shape index (κ3) is 4.13. The van der Waals surface area contributed by atoms with E-state index in [0.29, 0.717) is 6.04 Å². The van der Waals surface area contributed by atoms with Crippen LogP contribution in [-0.4, -0.2) is 40.1 Å². The molecule has 0 bridgehead atoms. The van der Waals surface area contributed by atoms with Crippen LogP contribution in [-0.2, 0) is 13.1 Å². The summed E-state index contributed by atoms with van der Waals surface area (Å²) in [5, 5.41) is 3.39. The molecule has 0 radical (unpaired) electrons. The predicted molar refractivity (Wildman–Crippen MR) is 69.9 cm³/mol. The second-order valence-electron chi connectivity index (χ2n) is 5.19. The van der Waals surface area contributed by atoms with Gasteiger partial charge in [0.25, 0.3) is 0 Å². The quantitative estimate of drug-likeness (QED) is 0.812. The molecule has 2 heterocycles. The van der Waals surface area contributed by atoms with Gasteiger partial charge in [-0.25, -0.2) is 4.98 Å². The monoisotopic (exact) mass is 236 g/mol. The van der Waals surface area contributed by atoms with Crippen molar-refractivity contribution >= 4 is 0 Å². The van der Waals surface area contributed by atoms with Gasteiger partial charge in [0.2, 0.25) is 0 Å². The highest BCUT2D eigenvalue weighted by Gasteiger charge is 2.10. The number of imidazole rings is 1. The summed E-state index contributed by atoms with van der Waals surface area (Å²) >= 11 is 0. The first-order chi connectivity index (χ1) is 8.24. The molecule has 0 spiro atoms. The summed E-state index contributed by atoms with van der Waals surface area (Å²) < 4.78 is 2.20. The summed E-state index contributed by atoms with van der Waals surface area (Å²) in [6, 6.07) is 0.518. The Morgan fingerprint density at radius 3 is 2.76 bits per heavy atom. The maximum absolute atomic E-state index is 4.42. The molecule has 4 nitrogen and oxygen atoms in total. The number of rotatable bonds is 6. The fourth-order valence-corrected chi connectivity index (χ4v) is 2.19. The van der Waals surface area contributed by atoms with Gasteiger partial charge < -0.3 is 14.8 Å². The molecule has 2 rings (SSSR count). The van der Waals surface area contributed by atoms with Crippen molar-refractivity contribution in [2.45, 2.75) is 45.8 Å². The van der Waals surface area contributed by atoms with Crippen molar-refractivity contribution in [3.63, 3.8) is 0 Å². The fourth-order valence-electron chi connectivity index (χ4n) is 2.19. The first-order valence-electron chi connectivity index (χ1n) is 6.70. The summed E-state index contributed by atoms with van der Waals surface area (Å²) in [5.41, 5.74) is 1.14. The van der Waals surface area contributed by atoms with Crippen LogP contribution in [0.25, 0.3) is 0 Å². The number of hydrogen-bond acceptors (Lipinski definition) is 3. The minimum absolute atomic E-state index is 0.518. The molecular weight excluding hydrogens is 212 g/mol. The maximum atomic E-state index is 4.42.